The first-order chi connectivity index (χ1) is 16.7. The highest BCUT2D eigenvalue weighted by molar-refractivity contribution is 5.93. The average molecular weight is 492 g/mol. The number of nitrogens with one attached hydrogen (secondary N) is 2. The highest BCUT2D eigenvalue weighted by Crippen LogP contribution is 2.35. The van der Waals surface area contributed by atoms with Gasteiger partial charge >= 0.3 is 6.18 Å². The fraction of sp³-hybridized carbons (Fsp3) is 0.261. The summed E-state index contributed by atoms with van der Waals surface area (Å²) in [6.07, 6.45) is -1.36. The number of aliphatic hydroxyl groups excluding tert-OH is 2. The fourth-order valence-electron chi connectivity index (χ4n) is 2.92. The minimum absolute atomic E-state index is 0.0594. The lowest BCUT2D eigenvalue weighted by Gasteiger charge is -2.14. The summed E-state index contributed by atoms with van der Waals surface area (Å²) < 4.78 is 47.7. The van der Waals surface area contributed by atoms with Crippen LogP contribution in [0.3, 0.4) is 0 Å². The Morgan fingerprint density at radius 3 is 2.57 bits per heavy atom. The number of benzene rings is 2. The number of aromatic nitrogens is 2. The number of hydrogen-bond donors (Lipinski definition) is 4. The number of fused-ring (bicyclic) bond motifs is 1. The van der Waals surface area contributed by atoms with Gasteiger partial charge in [0.15, 0.2) is 18.1 Å². The van der Waals surface area contributed by atoms with Gasteiger partial charge in [-0.1, -0.05) is 12.1 Å². The smallest absolute Gasteiger partial charge is 0.422 e. The molecule has 12 heteroatoms. The number of hydrogen-bond acceptors (Lipinski definition) is 8. The number of carbonyl (C=O) groups excluding carboxylic acids is 1. The SMILES string of the molecule is COc1cc2c(Nc3ccc(C=CC(=O)NCC(O)CO)cc3)ncnc2cc1OCC(F)(F)F. The summed E-state index contributed by atoms with van der Waals surface area (Å²) in [6, 6.07) is 9.85. The number of alkyl halides is 3. The highest BCUT2D eigenvalue weighted by Gasteiger charge is 2.29. The molecule has 0 aliphatic heterocycles. The van der Waals surface area contributed by atoms with Crippen LogP contribution in [0.25, 0.3) is 17.0 Å². The van der Waals surface area contributed by atoms with Crippen molar-refractivity contribution >= 4 is 34.4 Å². The van der Waals surface area contributed by atoms with Gasteiger partial charge < -0.3 is 30.3 Å². The Bertz CT molecular complexity index is 1190. The average Bonchev–Trinajstić information content (AvgIpc) is 2.84. The largest absolute Gasteiger partial charge is 0.493 e. The molecule has 4 N–H and O–H groups in total. The molecule has 1 amide bonds. The van der Waals surface area contributed by atoms with E-state index in [4.69, 9.17) is 14.6 Å². The maximum absolute atomic E-state index is 12.5. The van der Waals surface area contributed by atoms with E-state index < -0.39 is 31.4 Å². The van der Waals surface area contributed by atoms with Crippen molar-refractivity contribution in [2.24, 2.45) is 0 Å². The third-order valence-electron chi connectivity index (χ3n) is 4.64. The quantitative estimate of drug-likeness (QED) is 0.319. The van der Waals surface area contributed by atoms with Crippen LogP contribution >= 0.6 is 0 Å². The lowest BCUT2D eigenvalue weighted by Crippen LogP contribution is -2.32. The molecule has 0 fully saturated rings. The molecule has 0 aliphatic rings. The third kappa shape index (κ3) is 7.55. The molecular formula is C23H23F3N4O5. The lowest BCUT2D eigenvalue weighted by molar-refractivity contribution is -0.153. The van der Waals surface area contributed by atoms with Crippen molar-refractivity contribution in [2.75, 3.05) is 32.2 Å². The topological polar surface area (TPSA) is 126 Å². The van der Waals surface area contributed by atoms with E-state index in [9.17, 15) is 23.1 Å². The Morgan fingerprint density at radius 2 is 1.91 bits per heavy atom. The molecule has 186 valence electrons. The van der Waals surface area contributed by atoms with Gasteiger partial charge in [0.2, 0.25) is 5.91 Å². The van der Waals surface area contributed by atoms with Crippen molar-refractivity contribution in [3.05, 3.63) is 54.4 Å². The van der Waals surface area contributed by atoms with E-state index in [-0.39, 0.29) is 18.0 Å². The second kappa shape index (κ2) is 11.5. The van der Waals surface area contributed by atoms with E-state index in [0.717, 1.165) is 5.56 Å². The maximum atomic E-state index is 12.5. The van der Waals surface area contributed by atoms with Crippen molar-refractivity contribution < 1.29 is 37.7 Å². The molecule has 0 bridgehead atoms. The summed E-state index contributed by atoms with van der Waals surface area (Å²) in [4.78, 5) is 20.1. The predicted octanol–water partition coefficient (Wildman–Crippen LogP) is 2.81. The number of carbonyl (C=O) groups is 1. The third-order valence-corrected chi connectivity index (χ3v) is 4.64. The second-order valence-electron chi connectivity index (χ2n) is 7.31. The molecule has 2 aromatic carbocycles. The van der Waals surface area contributed by atoms with Crippen molar-refractivity contribution in [2.45, 2.75) is 12.3 Å². The van der Waals surface area contributed by atoms with Crippen LogP contribution in [0, 0.1) is 0 Å². The zero-order valence-corrected chi connectivity index (χ0v) is 18.5. The number of ether oxygens (including phenoxy) is 2. The van der Waals surface area contributed by atoms with Crippen LogP contribution in [-0.4, -0.2) is 65.2 Å². The van der Waals surface area contributed by atoms with Gasteiger partial charge in [-0.15, -0.1) is 0 Å². The zero-order chi connectivity index (χ0) is 25.4. The summed E-state index contributed by atoms with van der Waals surface area (Å²) in [5.74, 6) is -0.00152. The first-order valence-electron chi connectivity index (χ1n) is 10.3. The molecular weight excluding hydrogens is 469 g/mol. The molecule has 3 rings (SSSR count). The van der Waals surface area contributed by atoms with E-state index in [2.05, 4.69) is 20.6 Å². The monoisotopic (exact) mass is 492 g/mol. The van der Waals surface area contributed by atoms with Crippen molar-refractivity contribution in [3.63, 3.8) is 0 Å². The summed E-state index contributed by atoms with van der Waals surface area (Å²) in [6.45, 7) is -1.96. The predicted molar refractivity (Wildman–Crippen MR) is 123 cm³/mol. The second-order valence-corrected chi connectivity index (χ2v) is 7.31. The molecule has 0 radical (unpaired) electrons. The molecule has 9 nitrogen and oxygen atoms in total. The normalized spacial score (nSPS) is 12.5. The van der Waals surface area contributed by atoms with Gasteiger partial charge in [0.1, 0.15) is 12.1 Å². The van der Waals surface area contributed by atoms with Crippen LogP contribution in [0.5, 0.6) is 11.5 Å². The molecule has 3 aromatic rings. The summed E-state index contributed by atoms with van der Waals surface area (Å²) >= 11 is 0. The van der Waals surface area contributed by atoms with Crippen LogP contribution in [0.2, 0.25) is 0 Å². The van der Waals surface area contributed by atoms with Crippen LogP contribution in [0.15, 0.2) is 48.8 Å². The Labute approximate surface area is 198 Å². The maximum Gasteiger partial charge on any atom is 0.422 e. The minimum atomic E-state index is -4.49. The van der Waals surface area contributed by atoms with Gasteiger partial charge in [0, 0.05) is 29.8 Å². The first-order valence-corrected chi connectivity index (χ1v) is 10.3. The number of methoxy groups -OCH3 is 1. The molecule has 1 atom stereocenters. The van der Waals surface area contributed by atoms with E-state index >= 15 is 0 Å². The van der Waals surface area contributed by atoms with Crippen LogP contribution < -0.4 is 20.1 Å². The number of halogens is 3. The Morgan fingerprint density at radius 1 is 1.17 bits per heavy atom. The summed E-state index contributed by atoms with van der Waals surface area (Å²) in [7, 11) is 1.32. The van der Waals surface area contributed by atoms with Crippen LogP contribution in [0.1, 0.15) is 5.56 Å². The molecule has 1 heterocycles. The standard InChI is InChI=1S/C23H23F3N4O5/c1-34-19-8-17-18(9-20(19)35-12-23(24,25)26)28-13-29-22(17)30-15-5-2-14(3-6-15)4-7-21(33)27-10-16(32)11-31/h2-9,13,16,31-32H,10-12H2,1H3,(H,27,33)(H,28,29,30). The number of aliphatic hydroxyl groups is 2. The molecule has 0 aliphatic carbocycles. The fourth-order valence-corrected chi connectivity index (χ4v) is 2.92. The zero-order valence-electron chi connectivity index (χ0n) is 18.5. The minimum Gasteiger partial charge on any atom is -0.493 e. The van der Waals surface area contributed by atoms with Gasteiger partial charge in [0.25, 0.3) is 0 Å². The first kappa shape index (κ1) is 25.7. The van der Waals surface area contributed by atoms with E-state index in [0.29, 0.717) is 22.4 Å². The molecule has 0 saturated carbocycles. The van der Waals surface area contributed by atoms with Gasteiger partial charge in [-0.25, -0.2) is 9.97 Å². The molecule has 35 heavy (non-hydrogen) atoms. The van der Waals surface area contributed by atoms with Gasteiger partial charge in [-0.05, 0) is 29.8 Å². The Kier molecular flexibility index (Phi) is 8.44. The van der Waals surface area contributed by atoms with Crippen LogP contribution in [-0.2, 0) is 4.79 Å². The summed E-state index contributed by atoms with van der Waals surface area (Å²) in [5, 5.41) is 24.1. The number of rotatable bonds is 10. The van der Waals surface area contributed by atoms with Crippen LogP contribution in [0.4, 0.5) is 24.7 Å². The van der Waals surface area contributed by atoms with Gasteiger partial charge in [0.05, 0.1) is 25.3 Å². The molecule has 1 aromatic heterocycles. The van der Waals surface area contributed by atoms with Gasteiger partial charge in [-0.3, -0.25) is 4.79 Å². The Balaban J connectivity index is 1.73. The van der Waals surface area contributed by atoms with E-state index in [1.165, 1.54) is 31.6 Å². The van der Waals surface area contributed by atoms with Crippen molar-refractivity contribution in [1.82, 2.24) is 15.3 Å². The molecule has 0 spiro atoms. The number of anilines is 2. The number of amides is 1. The van der Waals surface area contributed by atoms with E-state index in [1.807, 2.05) is 0 Å². The summed E-state index contributed by atoms with van der Waals surface area (Å²) in [5.41, 5.74) is 1.75. The Hall–Kier alpha value is -3.90. The molecule has 1 unspecified atom stereocenters. The highest BCUT2D eigenvalue weighted by atomic mass is 19.4. The van der Waals surface area contributed by atoms with Gasteiger partial charge in [-0.2, -0.15) is 13.2 Å². The van der Waals surface area contributed by atoms with Crippen molar-refractivity contribution in [3.8, 4) is 11.5 Å². The lowest BCUT2D eigenvalue weighted by atomic mass is 10.1. The van der Waals surface area contributed by atoms with E-state index in [1.54, 1.807) is 30.3 Å². The molecule has 0 saturated heterocycles. The number of nitrogens with zero attached hydrogens (tertiary/aromatic N) is 2. The van der Waals surface area contributed by atoms with Crippen molar-refractivity contribution in [1.29, 1.82) is 0 Å².